The Morgan fingerprint density at radius 1 is 1.03 bits per heavy atom. The van der Waals surface area contributed by atoms with Gasteiger partial charge in [0.05, 0.1) is 0 Å². The molecule has 0 radical (unpaired) electrons. The first-order chi connectivity index (χ1) is 17.8. The fourth-order valence-electron chi connectivity index (χ4n) is 4.17. The molecule has 0 aliphatic heterocycles. The van der Waals surface area contributed by atoms with E-state index >= 15 is 0 Å². The lowest BCUT2D eigenvalue weighted by Crippen LogP contribution is -2.54. The number of carbonyl (C=O) groups is 3. The van der Waals surface area contributed by atoms with E-state index in [0.717, 1.165) is 11.1 Å². The van der Waals surface area contributed by atoms with Crippen molar-refractivity contribution in [1.29, 1.82) is 0 Å². The van der Waals surface area contributed by atoms with E-state index in [1.54, 1.807) is 45.0 Å². The number of carbonyl (C=O) groups excluding carboxylic acids is 3. The van der Waals surface area contributed by atoms with E-state index in [0.29, 0.717) is 29.8 Å². The normalized spacial score (nSPS) is 12.7. The standard InChI is InChI=1S/C31H41N3O4/c1-10-19-34(29(36)25(20(3)4)33-30(37)38-31(7,8)9)27(24-17-15-23(11-2)16-18-24)28(35)32-26-21(5)13-12-14-22(26)6/h2,12-18,20,25,27H,10,19H2,1,3-9H3,(H,32,35)(H,33,37). The van der Waals surface area contributed by atoms with Crippen molar-refractivity contribution in [1.82, 2.24) is 10.2 Å². The van der Waals surface area contributed by atoms with Crippen LogP contribution in [0.2, 0.25) is 0 Å². The van der Waals surface area contributed by atoms with Crippen LogP contribution in [0.15, 0.2) is 42.5 Å². The largest absolute Gasteiger partial charge is 0.444 e. The third-order valence-corrected chi connectivity index (χ3v) is 6.03. The Morgan fingerprint density at radius 3 is 2.08 bits per heavy atom. The molecule has 3 amide bonds. The van der Waals surface area contributed by atoms with Gasteiger partial charge >= 0.3 is 6.09 Å². The van der Waals surface area contributed by atoms with E-state index < -0.39 is 23.8 Å². The fraction of sp³-hybridized carbons (Fsp3) is 0.452. The minimum Gasteiger partial charge on any atom is -0.444 e. The molecule has 0 aromatic heterocycles. The molecule has 0 aliphatic rings. The van der Waals surface area contributed by atoms with Gasteiger partial charge in [0.2, 0.25) is 5.91 Å². The van der Waals surface area contributed by atoms with Gasteiger partial charge in [0.25, 0.3) is 5.91 Å². The Morgan fingerprint density at radius 2 is 1.61 bits per heavy atom. The number of rotatable bonds is 9. The van der Waals surface area contributed by atoms with Crippen molar-refractivity contribution in [3.8, 4) is 12.3 Å². The zero-order valence-electron chi connectivity index (χ0n) is 23.8. The number of benzene rings is 2. The van der Waals surface area contributed by atoms with E-state index in [1.807, 2.05) is 52.8 Å². The van der Waals surface area contributed by atoms with Crippen LogP contribution < -0.4 is 10.6 Å². The molecule has 204 valence electrons. The van der Waals surface area contributed by atoms with Gasteiger partial charge in [-0.1, -0.05) is 57.0 Å². The number of nitrogens with zero attached hydrogens (tertiary/aromatic N) is 1. The Labute approximate surface area is 227 Å². The second kappa shape index (κ2) is 13.1. The average molecular weight is 520 g/mol. The van der Waals surface area contributed by atoms with Gasteiger partial charge in [-0.3, -0.25) is 9.59 Å². The van der Waals surface area contributed by atoms with Crippen molar-refractivity contribution in [2.24, 2.45) is 5.92 Å². The minimum absolute atomic E-state index is 0.250. The summed E-state index contributed by atoms with van der Waals surface area (Å²) in [6, 6.07) is 11.0. The number of hydrogen-bond donors (Lipinski definition) is 2. The molecule has 2 rings (SSSR count). The number of ether oxygens (including phenoxy) is 1. The maximum Gasteiger partial charge on any atom is 0.408 e. The SMILES string of the molecule is C#Cc1ccc(C(C(=O)Nc2c(C)cccc2C)N(CCC)C(=O)C(NC(=O)OC(C)(C)C)C(C)C)cc1. The Kier molecular flexibility index (Phi) is 10.5. The molecule has 7 nitrogen and oxygen atoms in total. The van der Waals surface area contributed by atoms with Crippen LogP contribution >= 0.6 is 0 Å². The second-order valence-corrected chi connectivity index (χ2v) is 10.8. The number of anilines is 1. The smallest absolute Gasteiger partial charge is 0.408 e. The van der Waals surface area contributed by atoms with Gasteiger partial charge in [-0.05, 0) is 75.8 Å². The lowest BCUT2D eigenvalue weighted by atomic mass is 9.97. The highest BCUT2D eigenvalue weighted by Gasteiger charge is 2.37. The van der Waals surface area contributed by atoms with Crippen LogP contribution in [0.1, 0.15) is 76.3 Å². The molecule has 2 unspecified atom stereocenters. The molecule has 2 aromatic rings. The first kappa shape index (κ1) is 30.4. The number of para-hydroxylation sites is 1. The molecule has 2 atom stereocenters. The van der Waals surface area contributed by atoms with Gasteiger partial charge in [0.1, 0.15) is 17.7 Å². The summed E-state index contributed by atoms with van der Waals surface area (Å²) in [5.74, 6) is 1.62. The predicted molar refractivity (Wildman–Crippen MR) is 152 cm³/mol. The van der Waals surface area contributed by atoms with Crippen LogP contribution in [-0.4, -0.2) is 41.0 Å². The van der Waals surface area contributed by atoms with Crippen LogP contribution in [0.3, 0.4) is 0 Å². The maximum atomic E-state index is 14.0. The third-order valence-electron chi connectivity index (χ3n) is 6.03. The molecular weight excluding hydrogens is 478 g/mol. The molecule has 2 aromatic carbocycles. The Balaban J connectivity index is 2.55. The summed E-state index contributed by atoms with van der Waals surface area (Å²) in [5.41, 5.74) is 3.11. The van der Waals surface area contributed by atoms with Crippen LogP contribution in [0.25, 0.3) is 0 Å². The molecule has 38 heavy (non-hydrogen) atoms. The molecule has 2 N–H and O–H groups in total. The average Bonchev–Trinajstić information content (AvgIpc) is 2.83. The van der Waals surface area contributed by atoms with Gasteiger partial charge in [0.15, 0.2) is 0 Å². The topological polar surface area (TPSA) is 87.7 Å². The zero-order valence-corrected chi connectivity index (χ0v) is 23.8. The van der Waals surface area contributed by atoms with Crippen molar-refractivity contribution >= 4 is 23.6 Å². The molecule has 7 heteroatoms. The van der Waals surface area contributed by atoms with Crippen LogP contribution in [0.5, 0.6) is 0 Å². The van der Waals surface area contributed by atoms with Gasteiger partial charge in [-0.15, -0.1) is 6.42 Å². The number of aryl methyl sites for hydroxylation is 2. The molecule has 0 aliphatic carbocycles. The Bertz CT molecular complexity index is 1150. The highest BCUT2D eigenvalue weighted by molar-refractivity contribution is 6.00. The summed E-state index contributed by atoms with van der Waals surface area (Å²) >= 11 is 0. The number of amides is 3. The van der Waals surface area contributed by atoms with E-state index in [1.165, 1.54) is 4.90 Å². The molecule has 0 fully saturated rings. The third kappa shape index (κ3) is 8.11. The highest BCUT2D eigenvalue weighted by atomic mass is 16.6. The van der Waals surface area contributed by atoms with Crippen molar-refractivity contribution < 1.29 is 19.1 Å². The fourth-order valence-corrected chi connectivity index (χ4v) is 4.17. The van der Waals surface area contributed by atoms with Crippen LogP contribution in [0, 0.1) is 32.1 Å². The molecule has 0 saturated heterocycles. The number of nitrogens with one attached hydrogen (secondary N) is 2. The lowest BCUT2D eigenvalue weighted by molar-refractivity contribution is -0.141. The minimum atomic E-state index is -0.949. The molecule has 0 spiro atoms. The van der Waals surface area contributed by atoms with Crippen molar-refractivity contribution in [3.05, 3.63) is 64.7 Å². The highest BCUT2D eigenvalue weighted by Crippen LogP contribution is 2.28. The van der Waals surface area contributed by atoms with Gasteiger partial charge in [0, 0.05) is 17.8 Å². The van der Waals surface area contributed by atoms with Crippen molar-refractivity contribution in [3.63, 3.8) is 0 Å². The van der Waals surface area contributed by atoms with E-state index in [4.69, 9.17) is 11.2 Å². The maximum absolute atomic E-state index is 14.0. The summed E-state index contributed by atoms with van der Waals surface area (Å²) in [7, 11) is 0. The quantitative estimate of drug-likeness (QED) is 0.413. The molecule has 0 bridgehead atoms. The molecule has 0 heterocycles. The van der Waals surface area contributed by atoms with Crippen LogP contribution in [0.4, 0.5) is 10.5 Å². The summed E-state index contributed by atoms with van der Waals surface area (Å²) in [4.78, 5) is 42.1. The van der Waals surface area contributed by atoms with Crippen molar-refractivity contribution in [2.75, 3.05) is 11.9 Å². The van der Waals surface area contributed by atoms with Gasteiger partial charge in [-0.25, -0.2) is 4.79 Å². The first-order valence-corrected chi connectivity index (χ1v) is 13.0. The summed E-state index contributed by atoms with van der Waals surface area (Å²) in [6.45, 7) is 15.1. The number of terminal acetylenes is 1. The second-order valence-electron chi connectivity index (χ2n) is 10.8. The van der Waals surface area contributed by atoms with Gasteiger partial charge in [-0.2, -0.15) is 0 Å². The van der Waals surface area contributed by atoms with Gasteiger partial charge < -0.3 is 20.3 Å². The first-order valence-electron chi connectivity index (χ1n) is 13.0. The summed E-state index contributed by atoms with van der Waals surface area (Å²) in [6.07, 6.45) is 5.47. The van der Waals surface area contributed by atoms with E-state index in [-0.39, 0.29) is 17.7 Å². The van der Waals surface area contributed by atoms with E-state index in [2.05, 4.69) is 16.6 Å². The summed E-state index contributed by atoms with van der Waals surface area (Å²) in [5, 5.41) is 5.79. The predicted octanol–water partition coefficient (Wildman–Crippen LogP) is 5.75. The number of alkyl carbamates (subject to hydrolysis) is 1. The number of hydrogen-bond acceptors (Lipinski definition) is 4. The van der Waals surface area contributed by atoms with Crippen LogP contribution in [-0.2, 0) is 14.3 Å². The monoisotopic (exact) mass is 519 g/mol. The summed E-state index contributed by atoms with van der Waals surface area (Å²) < 4.78 is 5.41. The Hall–Kier alpha value is -3.79. The lowest BCUT2D eigenvalue weighted by Gasteiger charge is -2.35. The van der Waals surface area contributed by atoms with E-state index in [9.17, 15) is 14.4 Å². The zero-order chi connectivity index (χ0) is 28.6. The van der Waals surface area contributed by atoms with Crippen molar-refractivity contribution in [2.45, 2.75) is 79.5 Å². The molecular formula is C31H41N3O4. The molecule has 0 saturated carbocycles.